The van der Waals surface area contributed by atoms with Gasteiger partial charge in [-0.05, 0) is 66.4 Å². The Morgan fingerprint density at radius 3 is 2.32 bits per heavy atom. The highest BCUT2D eigenvalue weighted by molar-refractivity contribution is 5.68. The molecule has 0 aromatic rings. The lowest BCUT2D eigenvalue weighted by atomic mass is 9.83. The molecule has 0 fully saturated rings. The van der Waals surface area contributed by atoms with Crippen LogP contribution < -0.4 is 0 Å². The highest BCUT2D eigenvalue weighted by Crippen LogP contribution is 2.38. The second kappa shape index (κ2) is 4.38. The predicted octanol–water partition coefficient (Wildman–Crippen LogP) is 5.17. The Morgan fingerprint density at radius 1 is 0.737 bits per heavy atom. The van der Waals surface area contributed by atoms with Crippen LogP contribution in [0.15, 0.2) is 81.5 Å². The molecule has 95 valence electrons. The minimum Gasteiger partial charge on any atom is -0.0618 e. The van der Waals surface area contributed by atoms with E-state index in [1.807, 2.05) is 0 Å². The monoisotopic (exact) mass is 247 g/mol. The van der Waals surface area contributed by atoms with Gasteiger partial charge in [0.1, 0.15) is 0 Å². The number of hydrogen-bond acceptors (Lipinski definition) is 0. The van der Waals surface area contributed by atoms with Crippen LogP contribution in [0.3, 0.4) is 0 Å². The lowest BCUT2D eigenvalue weighted by molar-refractivity contribution is 1.11. The highest BCUT2D eigenvalue weighted by atomic mass is 14.2. The van der Waals surface area contributed by atoms with E-state index in [1.54, 1.807) is 0 Å². The summed E-state index contributed by atoms with van der Waals surface area (Å²) < 4.78 is 0. The summed E-state index contributed by atoms with van der Waals surface area (Å²) in [5.74, 6) is 1.38. The Kier molecular flexibility index (Phi) is 2.82. The van der Waals surface area contributed by atoms with Gasteiger partial charge in [0.05, 0.1) is 0 Å². The van der Waals surface area contributed by atoms with Crippen molar-refractivity contribution in [3.05, 3.63) is 87.5 Å². The van der Waals surface area contributed by atoms with Crippen LogP contribution in [-0.2, 0) is 0 Å². The van der Waals surface area contributed by atoms with E-state index in [-0.39, 0.29) is 0 Å². The van der Waals surface area contributed by atoms with Gasteiger partial charge in [0.15, 0.2) is 0 Å². The average molecular weight is 247 g/mol. The van der Waals surface area contributed by atoms with Crippen molar-refractivity contribution in [2.24, 2.45) is 0 Å². The normalized spacial score (nSPS) is 22.6. The fourth-order valence-corrected chi connectivity index (χ4v) is 2.66. The molecule has 0 amide bonds. The zero-order chi connectivity index (χ0) is 13.6. The lowest BCUT2D eigenvalue weighted by Crippen LogP contribution is -2.05. The third-order valence-electron chi connectivity index (χ3n) is 4.31. The summed E-state index contributed by atoms with van der Waals surface area (Å²) in [5, 5.41) is 0. The van der Waals surface area contributed by atoms with Crippen molar-refractivity contribution in [1.29, 1.82) is 0 Å². The molecular weight excluding hydrogens is 228 g/mol. The fraction of sp³-hybridized carbons (Fsp3) is 0.211. The maximum Gasteiger partial charge on any atom is 0.0271 e. The predicted molar refractivity (Wildman–Crippen MR) is 82.5 cm³/mol. The summed E-state index contributed by atoms with van der Waals surface area (Å²) in [6.45, 7) is 8.78. The van der Waals surface area contributed by atoms with E-state index in [0.29, 0.717) is 0 Å². The molecule has 0 heterocycles. The molecular formula is C19H19. The molecule has 1 radical (unpaired) electrons. The molecule has 0 aromatic heterocycles. The molecule has 0 saturated heterocycles. The molecule has 0 aliphatic heterocycles. The highest BCUT2D eigenvalue weighted by Gasteiger charge is 2.21. The first-order chi connectivity index (χ1) is 9.06. The smallest absolute Gasteiger partial charge is 0.0271 e. The Bertz CT molecular complexity index is 652. The van der Waals surface area contributed by atoms with E-state index in [9.17, 15) is 0 Å². The Labute approximate surface area is 115 Å². The Balaban J connectivity index is 2.21. The molecule has 3 aliphatic rings. The van der Waals surface area contributed by atoms with Gasteiger partial charge in [0.2, 0.25) is 0 Å². The molecule has 0 atom stereocenters. The van der Waals surface area contributed by atoms with Gasteiger partial charge < -0.3 is 0 Å². The van der Waals surface area contributed by atoms with Crippen molar-refractivity contribution in [1.82, 2.24) is 0 Å². The number of rotatable bonds is 0. The molecule has 19 heavy (non-hydrogen) atoms. The quantitative estimate of drug-likeness (QED) is 0.554. The zero-order valence-electron chi connectivity index (χ0n) is 12.0. The van der Waals surface area contributed by atoms with Crippen molar-refractivity contribution in [3.8, 4) is 0 Å². The molecule has 0 saturated carbocycles. The standard InChI is InChI=1S/C19H19/c1-12-5-7-16-9-18(14(12)3)11-17-8-6-13(2)15(4)19(17)10-16/h5-11H,1-4H3. The average Bonchev–Trinajstić information content (AvgIpc) is 2.66. The minimum absolute atomic E-state index is 1.29. The van der Waals surface area contributed by atoms with Crippen LogP contribution in [0, 0.1) is 5.92 Å². The van der Waals surface area contributed by atoms with Crippen LogP contribution >= 0.6 is 0 Å². The molecule has 2 bridgehead atoms. The van der Waals surface area contributed by atoms with E-state index in [1.165, 1.54) is 44.9 Å². The van der Waals surface area contributed by atoms with Gasteiger partial charge in [-0.15, -0.1) is 0 Å². The molecule has 0 N–H and O–H groups in total. The molecule has 0 aromatic carbocycles. The Hall–Kier alpha value is -1.82. The number of allylic oxidation sites excluding steroid dienone is 14. The van der Waals surface area contributed by atoms with E-state index in [2.05, 4.69) is 70.2 Å². The minimum atomic E-state index is 1.29. The lowest BCUT2D eigenvalue weighted by Gasteiger charge is -2.21. The van der Waals surface area contributed by atoms with E-state index < -0.39 is 0 Å². The molecule has 3 aliphatic carbocycles. The Morgan fingerprint density at radius 2 is 1.53 bits per heavy atom. The SMILES string of the molecule is C[C]1C(C)=CC=C2C=C3C=C(C=CC(C)=C3C)C=C12. The van der Waals surface area contributed by atoms with E-state index in [4.69, 9.17) is 0 Å². The van der Waals surface area contributed by atoms with Gasteiger partial charge in [-0.2, -0.15) is 0 Å². The molecule has 0 heteroatoms. The summed E-state index contributed by atoms with van der Waals surface area (Å²) in [6, 6.07) is 0. The topological polar surface area (TPSA) is 0 Å². The van der Waals surface area contributed by atoms with Crippen LogP contribution in [0.1, 0.15) is 27.7 Å². The number of hydrogen-bond donors (Lipinski definition) is 0. The summed E-state index contributed by atoms with van der Waals surface area (Å²) in [6.07, 6.45) is 15.8. The third kappa shape index (κ3) is 2.02. The van der Waals surface area contributed by atoms with Crippen molar-refractivity contribution < 1.29 is 0 Å². The van der Waals surface area contributed by atoms with Crippen LogP contribution in [0.4, 0.5) is 0 Å². The molecule has 3 rings (SSSR count). The summed E-state index contributed by atoms with van der Waals surface area (Å²) in [7, 11) is 0. The first-order valence-electron chi connectivity index (χ1n) is 6.80. The summed E-state index contributed by atoms with van der Waals surface area (Å²) in [5.41, 5.74) is 9.37. The van der Waals surface area contributed by atoms with Gasteiger partial charge in [0.25, 0.3) is 0 Å². The summed E-state index contributed by atoms with van der Waals surface area (Å²) >= 11 is 0. The van der Waals surface area contributed by atoms with Gasteiger partial charge in [-0.3, -0.25) is 0 Å². The van der Waals surface area contributed by atoms with Gasteiger partial charge in [-0.25, -0.2) is 0 Å². The number of fused-ring (bicyclic) bond motifs is 2. The molecule has 0 unspecified atom stereocenters. The first-order valence-corrected chi connectivity index (χ1v) is 6.80. The third-order valence-corrected chi connectivity index (χ3v) is 4.31. The maximum atomic E-state index is 2.32. The second-order valence-electron chi connectivity index (χ2n) is 5.54. The first kappa shape index (κ1) is 12.2. The van der Waals surface area contributed by atoms with Crippen LogP contribution in [0.25, 0.3) is 0 Å². The van der Waals surface area contributed by atoms with E-state index >= 15 is 0 Å². The summed E-state index contributed by atoms with van der Waals surface area (Å²) in [4.78, 5) is 0. The molecule has 0 nitrogen and oxygen atoms in total. The van der Waals surface area contributed by atoms with Crippen molar-refractivity contribution in [2.45, 2.75) is 27.7 Å². The van der Waals surface area contributed by atoms with E-state index in [0.717, 1.165) is 0 Å². The zero-order valence-corrected chi connectivity index (χ0v) is 12.0. The van der Waals surface area contributed by atoms with Crippen LogP contribution in [0.2, 0.25) is 0 Å². The van der Waals surface area contributed by atoms with Gasteiger partial charge in [-0.1, -0.05) is 42.9 Å². The maximum absolute atomic E-state index is 2.32. The van der Waals surface area contributed by atoms with Gasteiger partial charge >= 0.3 is 0 Å². The van der Waals surface area contributed by atoms with Gasteiger partial charge in [0, 0.05) is 5.92 Å². The van der Waals surface area contributed by atoms with Crippen molar-refractivity contribution >= 4 is 0 Å². The van der Waals surface area contributed by atoms with Crippen LogP contribution in [0.5, 0.6) is 0 Å². The van der Waals surface area contributed by atoms with Crippen molar-refractivity contribution in [3.63, 3.8) is 0 Å². The molecule has 0 spiro atoms. The largest absolute Gasteiger partial charge is 0.0618 e. The van der Waals surface area contributed by atoms with Crippen molar-refractivity contribution in [2.75, 3.05) is 0 Å². The fourth-order valence-electron chi connectivity index (χ4n) is 2.66. The second-order valence-corrected chi connectivity index (χ2v) is 5.54. The van der Waals surface area contributed by atoms with Crippen LogP contribution in [-0.4, -0.2) is 0 Å².